The second-order valence-corrected chi connectivity index (χ2v) is 8.08. The van der Waals surface area contributed by atoms with Gasteiger partial charge in [0.25, 0.3) is 0 Å². The maximum absolute atomic E-state index is 11.6. The number of primary amides is 1. The number of carbonyl (C=O) groups is 1. The van der Waals surface area contributed by atoms with Gasteiger partial charge in [-0.05, 0) is 18.6 Å². The van der Waals surface area contributed by atoms with Crippen LogP contribution in [-0.4, -0.2) is 56.1 Å². The SMILES string of the molecule is Cc1ccc(Cn2ncc(N=C3C=CC(=[N+]4CCC(O)CC4)C=C3NC(N)=O)c2N)cc1. The number of aliphatic imine (C=N–C) groups is 1. The number of nitrogens with two attached hydrogens (primary N) is 2. The second kappa shape index (κ2) is 9.19. The first-order valence-corrected chi connectivity index (χ1v) is 10.6. The van der Waals surface area contributed by atoms with E-state index in [0.29, 0.717) is 42.3 Å². The largest absolute Gasteiger partial charge is 0.393 e. The number of allylic oxidation sites excluding steroid dienone is 3. The highest BCUT2D eigenvalue weighted by Crippen LogP contribution is 2.24. The first kappa shape index (κ1) is 21.5. The molecule has 0 atom stereocenters. The minimum atomic E-state index is -0.671. The van der Waals surface area contributed by atoms with Gasteiger partial charge in [0.05, 0.1) is 30.3 Å². The fourth-order valence-electron chi connectivity index (χ4n) is 3.77. The van der Waals surface area contributed by atoms with Gasteiger partial charge in [0.1, 0.15) is 24.6 Å². The Kier molecular flexibility index (Phi) is 6.18. The molecule has 0 spiro atoms. The van der Waals surface area contributed by atoms with Crippen LogP contribution in [0.15, 0.2) is 59.4 Å². The standard InChI is InChI=1S/C23H27N7O2/c1-15-2-4-16(5-3-15)14-30-22(24)21(13-26-30)27-19-7-6-17(12-20(19)28-23(25)32)29-10-8-18(31)9-11-29/h2-7,12-13,18,31H,8-11,14H2,1H3,(H4,24,25,26,28,32)/p+1. The molecule has 6 N–H and O–H groups in total. The minimum Gasteiger partial charge on any atom is -0.393 e. The topological polar surface area (TPSA) is 135 Å². The Morgan fingerprint density at radius 1 is 1.28 bits per heavy atom. The molecule has 9 nitrogen and oxygen atoms in total. The molecule has 1 aliphatic carbocycles. The predicted octanol–water partition coefficient (Wildman–Crippen LogP) is 1.62. The lowest BCUT2D eigenvalue weighted by Crippen LogP contribution is -2.36. The van der Waals surface area contributed by atoms with Gasteiger partial charge in [-0.1, -0.05) is 29.8 Å². The van der Waals surface area contributed by atoms with E-state index in [1.54, 1.807) is 10.9 Å². The molecule has 0 radical (unpaired) electrons. The number of anilines is 1. The van der Waals surface area contributed by atoms with Crippen LogP contribution in [-0.2, 0) is 6.54 Å². The van der Waals surface area contributed by atoms with Crippen LogP contribution in [0.2, 0.25) is 0 Å². The number of aliphatic hydroxyl groups is 1. The fourth-order valence-corrected chi connectivity index (χ4v) is 3.77. The zero-order valence-corrected chi connectivity index (χ0v) is 18.0. The molecular formula is C23H28N7O2+. The van der Waals surface area contributed by atoms with Crippen molar-refractivity contribution < 1.29 is 14.5 Å². The summed E-state index contributed by atoms with van der Waals surface area (Å²) < 4.78 is 3.86. The Balaban J connectivity index is 1.60. The van der Waals surface area contributed by atoms with E-state index in [1.807, 2.05) is 49.4 Å². The van der Waals surface area contributed by atoms with E-state index in [9.17, 15) is 9.90 Å². The van der Waals surface area contributed by atoms with Crippen LogP contribution in [0.3, 0.4) is 0 Å². The maximum Gasteiger partial charge on any atom is 0.316 e. The van der Waals surface area contributed by atoms with E-state index < -0.39 is 6.03 Å². The van der Waals surface area contributed by atoms with E-state index in [4.69, 9.17) is 11.5 Å². The normalized spacial score (nSPS) is 19.9. The Bertz CT molecular complexity index is 1130. The summed E-state index contributed by atoms with van der Waals surface area (Å²) in [5, 5.41) is 16.8. The first-order valence-electron chi connectivity index (χ1n) is 10.6. The van der Waals surface area contributed by atoms with Crippen molar-refractivity contribution >= 4 is 29.0 Å². The third-order valence-electron chi connectivity index (χ3n) is 5.62. The van der Waals surface area contributed by atoms with Crippen molar-refractivity contribution in [2.75, 3.05) is 18.8 Å². The van der Waals surface area contributed by atoms with Gasteiger partial charge in [0.15, 0.2) is 0 Å². The second-order valence-electron chi connectivity index (χ2n) is 8.08. The average Bonchev–Trinajstić information content (AvgIpc) is 3.10. The number of nitrogens with zero attached hydrogens (tertiary/aromatic N) is 4. The molecule has 2 amide bonds. The van der Waals surface area contributed by atoms with Gasteiger partial charge in [-0.3, -0.25) is 0 Å². The lowest BCUT2D eigenvalue weighted by atomic mass is 10.0. The van der Waals surface area contributed by atoms with Gasteiger partial charge < -0.3 is 21.9 Å². The number of benzene rings is 1. The highest BCUT2D eigenvalue weighted by molar-refractivity contribution is 6.21. The summed E-state index contributed by atoms with van der Waals surface area (Å²) in [6.07, 6.45) is 8.37. The van der Waals surface area contributed by atoms with Crippen LogP contribution in [0.4, 0.5) is 16.3 Å². The molecule has 1 saturated heterocycles. The van der Waals surface area contributed by atoms with E-state index in [-0.39, 0.29) is 6.10 Å². The van der Waals surface area contributed by atoms with Gasteiger partial charge in [-0.25, -0.2) is 19.0 Å². The third kappa shape index (κ3) is 4.94. The zero-order chi connectivity index (χ0) is 22.7. The minimum absolute atomic E-state index is 0.261. The summed E-state index contributed by atoms with van der Waals surface area (Å²) in [5.74, 6) is 0.435. The molecule has 9 heteroatoms. The van der Waals surface area contributed by atoms with Crippen molar-refractivity contribution in [1.29, 1.82) is 0 Å². The van der Waals surface area contributed by atoms with Gasteiger partial charge >= 0.3 is 6.03 Å². The molecule has 1 aromatic heterocycles. The number of piperidine rings is 1. The zero-order valence-electron chi connectivity index (χ0n) is 18.0. The summed E-state index contributed by atoms with van der Waals surface area (Å²) in [5.41, 5.74) is 16.4. The molecule has 0 bridgehead atoms. The summed E-state index contributed by atoms with van der Waals surface area (Å²) in [7, 11) is 0. The molecule has 166 valence electrons. The molecule has 1 aliphatic heterocycles. The first-order chi connectivity index (χ1) is 15.4. The molecular weight excluding hydrogens is 406 g/mol. The third-order valence-corrected chi connectivity index (χ3v) is 5.62. The van der Waals surface area contributed by atoms with E-state index in [1.165, 1.54) is 5.56 Å². The molecule has 1 aromatic carbocycles. The highest BCUT2D eigenvalue weighted by atomic mass is 16.3. The molecule has 32 heavy (non-hydrogen) atoms. The molecule has 2 aromatic rings. The predicted molar refractivity (Wildman–Crippen MR) is 124 cm³/mol. The lowest BCUT2D eigenvalue weighted by Gasteiger charge is -2.18. The van der Waals surface area contributed by atoms with Crippen molar-refractivity contribution in [3.05, 3.63) is 65.5 Å². The summed E-state index contributed by atoms with van der Waals surface area (Å²) in [6.45, 7) is 4.06. The molecule has 1 fully saturated rings. The Morgan fingerprint density at radius 2 is 2.00 bits per heavy atom. The van der Waals surface area contributed by atoms with Crippen molar-refractivity contribution in [3.8, 4) is 0 Å². The highest BCUT2D eigenvalue weighted by Gasteiger charge is 2.24. The van der Waals surface area contributed by atoms with E-state index >= 15 is 0 Å². The van der Waals surface area contributed by atoms with E-state index in [2.05, 4.69) is 20.0 Å². The van der Waals surface area contributed by atoms with Crippen LogP contribution in [0.25, 0.3) is 0 Å². The Labute approximate surface area is 186 Å². The monoisotopic (exact) mass is 434 g/mol. The number of aryl methyl sites for hydroxylation is 1. The van der Waals surface area contributed by atoms with Crippen LogP contribution in [0, 0.1) is 6.92 Å². The van der Waals surface area contributed by atoms with Gasteiger partial charge in [0, 0.05) is 25.0 Å². The van der Waals surface area contributed by atoms with Gasteiger partial charge in [0.2, 0.25) is 5.71 Å². The molecule has 2 aliphatic rings. The number of rotatable bonds is 4. The maximum atomic E-state index is 11.6. The van der Waals surface area contributed by atoms with Crippen LogP contribution < -0.4 is 16.8 Å². The molecule has 0 saturated carbocycles. The average molecular weight is 435 g/mol. The fraction of sp³-hybridized carbons (Fsp3) is 0.304. The van der Waals surface area contributed by atoms with Crippen LogP contribution in [0.1, 0.15) is 24.0 Å². The van der Waals surface area contributed by atoms with Gasteiger partial charge in [-0.2, -0.15) is 5.10 Å². The number of nitrogens with one attached hydrogen (secondary N) is 1. The molecule has 4 rings (SSSR count). The molecule has 0 unspecified atom stereocenters. The number of hydrogen-bond donors (Lipinski definition) is 4. The van der Waals surface area contributed by atoms with Crippen molar-refractivity contribution in [3.63, 3.8) is 0 Å². The summed E-state index contributed by atoms with van der Waals surface area (Å²) in [6, 6.07) is 7.51. The number of carbonyl (C=O) groups excluding carboxylic acids is 1. The van der Waals surface area contributed by atoms with Crippen molar-refractivity contribution in [2.24, 2.45) is 10.7 Å². The lowest BCUT2D eigenvalue weighted by molar-refractivity contribution is -0.540. The van der Waals surface area contributed by atoms with Crippen LogP contribution in [0.5, 0.6) is 0 Å². The van der Waals surface area contributed by atoms with Crippen LogP contribution >= 0.6 is 0 Å². The van der Waals surface area contributed by atoms with Crippen molar-refractivity contribution in [2.45, 2.75) is 32.4 Å². The Hall–Kier alpha value is -3.72. The molecule has 2 heterocycles. The number of hydrogen-bond acceptors (Lipinski definition) is 5. The number of amides is 2. The number of aromatic nitrogens is 2. The smallest absolute Gasteiger partial charge is 0.316 e. The number of urea groups is 1. The Morgan fingerprint density at radius 3 is 2.69 bits per heavy atom. The quantitative estimate of drug-likeness (QED) is 0.430. The summed E-state index contributed by atoms with van der Waals surface area (Å²) >= 11 is 0. The summed E-state index contributed by atoms with van der Waals surface area (Å²) in [4.78, 5) is 16.2. The van der Waals surface area contributed by atoms with Crippen molar-refractivity contribution in [1.82, 2.24) is 15.1 Å². The van der Waals surface area contributed by atoms with Gasteiger partial charge in [-0.15, -0.1) is 0 Å². The number of nitrogen functional groups attached to an aromatic ring is 1. The number of aliphatic hydroxyl groups excluding tert-OH is 1. The van der Waals surface area contributed by atoms with E-state index in [0.717, 1.165) is 24.4 Å².